The van der Waals surface area contributed by atoms with Gasteiger partial charge in [-0.15, -0.1) is 0 Å². The van der Waals surface area contributed by atoms with Crippen LogP contribution < -0.4 is 10.7 Å². The lowest BCUT2D eigenvalue weighted by Crippen LogP contribution is -2.48. The van der Waals surface area contributed by atoms with Gasteiger partial charge in [0.1, 0.15) is 6.04 Å². The van der Waals surface area contributed by atoms with Gasteiger partial charge in [-0.25, -0.2) is 5.43 Å². The summed E-state index contributed by atoms with van der Waals surface area (Å²) >= 11 is 0. The first-order valence-corrected chi connectivity index (χ1v) is 8.24. The molecule has 0 radical (unpaired) electrons. The summed E-state index contributed by atoms with van der Waals surface area (Å²) in [4.78, 5) is 24.8. The minimum atomic E-state index is -0.667. The van der Waals surface area contributed by atoms with Crippen LogP contribution in [0, 0.1) is 5.92 Å². The fraction of sp³-hybridized carbons (Fsp3) is 0.250. The summed E-state index contributed by atoms with van der Waals surface area (Å²) in [5.74, 6) is -0.687. The molecule has 2 aromatic carbocycles. The van der Waals surface area contributed by atoms with Crippen molar-refractivity contribution in [2.75, 3.05) is 0 Å². The van der Waals surface area contributed by atoms with E-state index >= 15 is 0 Å². The van der Waals surface area contributed by atoms with Crippen LogP contribution in [-0.2, 0) is 4.79 Å². The van der Waals surface area contributed by atoms with Crippen LogP contribution in [0.15, 0.2) is 65.8 Å². The highest BCUT2D eigenvalue weighted by atomic mass is 16.2. The number of carbonyl (C=O) groups excluding carboxylic acids is 2. The Balaban J connectivity index is 2.04. The van der Waals surface area contributed by atoms with Gasteiger partial charge in [0, 0.05) is 5.56 Å². The number of nitrogens with zero attached hydrogens (tertiary/aromatic N) is 1. The van der Waals surface area contributed by atoms with E-state index < -0.39 is 6.04 Å². The SMILES string of the molecule is CC(=NNC(=O)[C@H](NC(=O)c1ccccc1)C(C)C)c1ccccc1. The van der Waals surface area contributed by atoms with E-state index in [1.165, 1.54) is 0 Å². The fourth-order valence-electron chi connectivity index (χ4n) is 2.30. The van der Waals surface area contributed by atoms with Crippen LogP contribution in [-0.4, -0.2) is 23.6 Å². The predicted octanol–water partition coefficient (Wildman–Crippen LogP) is 2.98. The van der Waals surface area contributed by atoms with Crippen molar-refractivity contribution < 1.29 is 9.59 Å². The lowest BCUT2D eigenvalue weighted by atomic mass is 10.0. The Hall–Kier alpha value is -2.95. The number of carbonyl (C=O) groups is 2. The van der Waals surface area contributed by atoms with Gasteiger partial charge >= 0.3 is 0 Å². The summed E-state index contributed by atoms with van der Waals surface area (Å²) in [6, 6.07) is 17.7. The van der Waals surface area contributed by atoms with E-state index in [0.29, 0.717) is 11.3 Å². The summed E-state index contributed by atoms with van der Waals surface area (Å²) in [6.45, 7) is 5.58. The van der Waals surface area contributed by atoms with Gasteiger partial charge in [0.25, 0.3) is 11.8 Å². The maximum Gasteiger partial charge on any atom is 0.262 e. The molecule has 0 aliphatic heterocycles. The molecule has 0 aromatic heterocycles. The maximum absolute atomic E-state index is 12.5. The van der Waals surface area contributed by atoms with Crippen LogP contribution >= 0.6 is 0 Å². The van der Waals surface area contributed by atoms with E-state index in [0.717, 1.165) is 5.56 Å². The molecule has 2 N–H and O–H groups in total. The van der Waals surface area contributed by atoms with Crippen molar-refractivity contribution in [1.29, 1.82) is 0 Å². The van der Waals surface area contributed by atoms with Crippen molar-refractivity contribution in [2.45, 2.75) is 26.8 Å². The lowest BCUT2D eigenvalue weighted by molar-refractivity contribution is -0.123. The zero-order valence-corrected chi connectivity index (χ0v) is 14.7. The molecule has 0 aliphatic rings. The number of amides is 2. The van der Waals surface area contributed by atoms with Crippen LogP contribution in [0.2, 0.25) is 0 Å². The third kappa shape index (κ3) is 5.28. The molecule has 2 rings (SSSR count). The maximum atomic E-state index is 12.5. The third-order valence-electron chi connectivity index (χ3n) is 3.80. The highest BCUT2D eigenvalue weighted by Gasteiger charge is 2.24. The summed E-state index contributed by atoms with van der Waals surface area (Å²) in [6.07, 6.45) is 0. The molecule has 5 nitrogen and oxygen atoms in total. The van der Waals surface area contributed by atoms with Crippen LogP contribution in [0.25, 0.3) is 0 Å². The van der Waals surface area contributed by atoms with Crippen molar-refractivity contribution in [2.24, 2.45) is 11.0 Å². The van der Waals surface area contributed by atoms with Gasteiger partial charge in [0.05, 0.1) is 5.71 Å². The van der Waals surface area contributed by atoms with Crippen molar-refractivity contribution in [3.05, 3.63) is 71.8 Å². The fourth-order valence-corrected chi connectivity index (χ4v) is 2.30. The highest BCUT2D eigenvalue weighted by molar-refractivity contribution is 6.00. The van der Waals surface area contributed by atoms with Crippen molar-refractivity contribution in [1.82, 2.24) is 10.7 Å². The molecule has 0 heterocycles. The smallest absolute Gasteiger partial charge is 0.262 e. The van der Waals surface area contributed by atoms with Gasteiger partial charge in [0.2, 0.25) is 0 Å². The minimum absolute atomic E-state index is 0.0695. The van der Waals surface area contributed by atoms with Crippen LogP contribution in [0.4, 0.5) is 0 Å². The summed E-state index contributed by atoms with van der Waals surface area (Å²) < 4.78 is 0. The zero-order valence-electron chi connectivity index (χ0n) is 14.7. The molecule has 130 valence electrons. The average molecular weight is 337 g/mol. The molecule has 0 fully saturated rings. The van der Waals surface area contributed by atoms with Gasteiger partial charge in [-0.05, 0) is 30.5 Å². The van der Waals surface area contributed by atoms with E-state index in [4.69, 9.17) is 0 Å². The number of benzene rings is 2. The molecule has 2 amide bonds. The molecule has 25 heavy (non-hydrogen) atoms. The van der Waals surface area contributed by atoms with E-state index in [1.54, 1.807) is 24.3 Å². The molecule has 0 bridgehead atoms. The van der Waals surface area contributed by atoms with Crippen LogP contribution in [0.1, 0.15) is 36.7 Å². The first-order chi connectivity index (χ1) is 12.0. The van der Waals surface area contributed by atoms with Gasteiger partial charge in [-0.3, -0.25) is 9.59 Å². The van der Waals surface area contributed by atoms with Crippen molar-refractivity contribution >= 4 is 17.5 Å². The second-order valence-electron chi connectivity index (χ2n) is 6.10. The lowest BCUT2D eigenvalue weighted by Gasteiger charge is -2.20. The average Bonchev–Trinajstić information content (AvgIpc) is 2.64. The van der Waals surface area contributed by atoms with Crippen molar-refractivity contribution in [3.8, 4) is 0 Å². The number of hydrazone groups is 1. The normalized spacial score (nSPS) is 12.6. The molecule has 0 saturated heterocycles. The predicted molar refractivity (Wildman–Crippen MR) is 99.3 cm³/mol. The summed E-state index contributed by atoms with van der Waals surface area (Å²) in [5, 5.41) is 6.92. The van der Waals surface area contributed by atoms with Gasteiger partial charge in [-0.2, -0.15) is 5.10 Å². The van der Waals surface area contributed by atoms with Crippen LogP contribution in [0.5, 0.6) is 0 Å². The monoisotopic (exact) mass is 337 g/mol. The van der Waals surface area contributed by atoms with E-state index in [1.807, 2.05) is 57.2 Å². The summed E-state index contributed by atoms with van der Waals surface area (Å²) in [5.41, 5.74) is 4.70. The Bertz CT molecular complexity index is 740. The molecule has 0 saturated carbocycles. The third-order valence-corrected chi connectivity index (χ3v) is 3.80. The minimum Gasteiger partial charge on any atom is -0.340 e. The highest BCUT2D eigenvalue weighted by Crippen LogP contribution is 2.06. The molecule has 0 aliphatic carbocycles. The van der Waals surface area contributed by atoms with Crippen LogP contribution in [0.3, 0.4) is 0 Å². The Morgan fingerprint density at radius 1 is 0.880 bits per heavy atom. The first-order valence-electron chi connectivity index (χ1n) is 8.24. The molecule has 0 unspecified atom stereocenters. The number of hydrogen-bond acceptors (Lipinski definition) is 3. The molecule has 2 aromatic rings. The molecule has 1 atom stereocenters. The van der Waals surface area contributed by atoms with Gasteiger partial charge in [0.15, 0.2) is 0 Å². The van der Waals surface area contributed by atoms with Crippen molar-refractivity contribution in [3.63, 3.8) is 0 Å². The first kappa shape index (κ1) is 18.4. The zero-order chi connectivity index (χ0) is 18.2. The molecule has 5 heteroatoms. The topological polar surface area (TPSA) is 70.6 Å². The Morgan fingerprint density at radius 2 is 1.40 bits per heavy atom. The van der Waals surface area contributed by atoms with Gasteiger partial charge < -0.3 is 5.32 Å². The largest absolute Gasteiger partial charge is 0.340 e. The van der Waals surface area contributed by atoms with Gasteiger partial charge in [-0.1, -0.05) is 62.4 Å². The van der Waals surface area contributed by atoms with E-state index in [9.17, 15) is 9.59 Å². The van der Waals surface area contributed by atoms with E-state index in [2.05, 4.69) is 15.8 Å². The standard InChI is InChI=1S/C20H23N3O2/c1-14(2)18(21-19(24)17-12-8-5-9-13-17)20(25)23-22-15(3)16-10-6-4-7-11-16/h4-14,18H,1-3H3,(H,21,24)(H,23,25)/t18-/m1/s1. The quantitative estimate of drug-likeness (QED) is 0.628. The summed E-state index contributed by atoms with van der Waals surface area (Å²) in [7, 11) is 0. The number of rotatable bonds is 6. The Labute approximate surface area is 148 Å². The van der Waals surface area contributed by atoms with E-state index in [-0.39, 0.29) is 17.7 Å². The Kier molecular flexibility index (Phi) is 6.46. The molecular formula is C20H23N3O2. The second-order valence-corrected chi connectivity index (χ2v) is 6.10. The second kappa shape index (κ2) is 8.78. The number of nitrogens with one attached hydrogen (secondary N) is 2. The Morgan fingerprint density at radius 3 is 1.92 bits per heavy atom. The molecule has 0 spiro atoms. The number of hydrogen-bond donors (Lipinski definition) is 2. The molecular weight excluding hydrogens is 314 g/mol.